The fraction of sp³-hybridized carbons (Fsp3) is 0.667. The van der Waals surface area contributed by atoms with E-state index < -0.39 is 0 Å². The zero-order valence-electron chi connectivity index (χ0n) is 9.02. The minimum Gasteiger partial charge on any atom is -0.311 e. The summed E-state index contributed by atoms with van der Waals surface area (Å²) < 4.78 is 0. The van der Waals surface area contributed by atoms with Gasteiger partial charge < -0.3 is 5.32 Å². The maximum atomic E-state index is 12.0. The summed E-state index contributed by atoms with van der Waals surface area (Å²) in [5.41, 5.74) is 0. The average Bonchev–Trinajstić information content (AvgIpc) is 2.73. The van der Waals surface area contributed by atoms with E-state index in [-0.39, 0.29) is 5.91 Å². The van der Waals surface area contributed by atoms with Crippen molar-refractivity contribution in [3.05, 3.63) is 12.3 Å². The number of nitrogens with one attached hydrogen (secondary N) is 2. The minimum absolute atomic E-state index is 0.204. The molecule has 3 aliphatic rings. The van der Waals surface area contributed by atoms with Crippen molar-refractivity contribution in [3.8, 4) is 0 Å². The predicted molar refractivity (Wildman–Crippen MR) is 58.5 cm³/mol. The third-order valence-corrected chi connectivity index (χ3v) is 4.80. The highest BCUT2D eigenvalue weighted by atomic mass is 16.2. The summed E-state index contributed by atoms with van der Waals surface area (Å²) in [6.45, 7) is 0. The Bertz CT molecular complexity index is 411. The number of amides is 1. The third-order valence-electron chi connectivity index (χ3n) is 4.80. The predicted octanol–water partition coefficient (Wildman–Crippen LogP) is 1.64. The van der Waals surface area contributed by atoms with Crippen molar-refractivity contribution in [2.24, 2.45) is 29.6 Å². The van der Waals surface area contributed by atoms with Gasteiger partial charge in [0, 0.05) is 12.0 Å². The van der Waals surface area contributed by atoms with E-state index in [1.807, 2.05) is 0 Å². The molecule has 3 saturated carbocycles. The zero-order valence-corrected chi connectivity index (χ0v) is 9.02. The van der Waals surface area contributed by atoms with E-state index in [9.17, 15) is 4.79 Å². The monoisotopic (exact) mass is 217 g/mol. The van der Waals surface area contributed by atoms with Crippen LogP contribution in [0.3, 0.4) is 0 Å². The van der Waals surface area contributed by atoms with Gasteiger partial charge in [0.05, 0.1) is 6.20 Å². The van der Waals surface area contributed by atoms with Gasteiger partial charge in [-0.1, -0.05) is 0 Å². The summed E-state index contributed by atoms with van der Waals surface area (Å²) in [4.78, 5) is 12.0. The highest BCUT2D eigenvalue weighted by Crippen LogP contribution is 2.69. The van der Waals surface area contributed by atoms with Crippen LogP contribution < -0.4 is 5.32 Å². The van der Waals surface area contributed by atoms with Crippen LogP contribution in [0, 0.1) is 29.6 Å². The van der Waals surface area contributed by atoms with E-state index in [2.05, 4.69) is 15.5 Å². The topological polar surface area (TPSA) is 57.8 Å². The van der Waals surface area contributed by atoms with Gasteiger partial charge in [-0.05, 0) is 42.9 Å². The zero-order chi connectivity index (χ0) is 10.7. The molecular formula is C12H15N3O. The lowest BCUT2D eigenvalue weighted by Crippen LogP contribution is -2.18. The van der Waals surface area contributed by atoms with Crippen LogP contribution >= 0.6 is 0 Å². The van der Waals surface area contributed by atoms with Crippen molar-refractivity contribution in [1.29, 1.82) is 0 Å². The molecule has 0 aromatic carbocycles. The number of fused-ring (bicyclic) bond motifs is 5. The highest BCUT2D eigenvalue weighted by Gasteiger charge is 2.67. The Hall–Kier alpha value is -1.32. The average molecular weight is 217 g/mol. The number of carbonyl (C=O) groups excluding carboxylic acids is 1. The minimum atomic E-state index is 0.204. The number of aromatic nitrogens is 2. The van der Waals surface area contributed by atoms with Gasteiger partial charge >= 0.3 is 0 Å². The van der Waals surface area contributed by atoms with Gasteiger partial charge in [0.25, 0.3) is 0 Å². The van der Waals surface area contributed by atoms with Gasteiger partial charge in [0.2, 0.25) is 5.91 Å². The second-order valence-corrected chi connectivity index (χ2v) is 5.47. The molecule has 1 aromatic heterocycles. The maximum Gasteiger partial charge on any atom is 0.229 e. The first-order chi connectivity index (χ1) is 7.84. The molecule has 1 heterocycles. The van der Waals surface area contributed by atoms with Crippen molar-refractivity contribution >= 4 is 11.7 Å². The third kappa shape index (κ3) is 1.05. The van der Waals surface area contributed by atoms with Crippen LogP contribution in [-0.4, -0.2) is 16.1 Å². The number of nitrogens with zero attached hydrogens (tertiary/aromatic N) is 1. The Labute approximate surface area is 93.8 Å². The fourth-order valence-corrected chi connectivity index (χ4v) is 4.22. The molecule has 16 heavy (non-hydrogen) atoms. The smallest absolute Gasteiger partial charge is 0.229 e. The normalized spacial score (nSPS) is 43.1. The van der Waals surface area contributed by atoms with Gasteiger partial charge in [0.15, 0.2) is 0 Å². The summed E-state index contributed by atoms with van der Waals surface area (Å²) in [7, 11) is 0. The quantitative estimate of drug-likeness (QED) is 0.791. The van der Waals surface area contributed by atoms with Crippen LogP contribution in [0.1, 0.15) is 19.3 Å². The molecule has 0 spiro atoms. The van der Waals surface area contributed by atoms with E-state index in [1.165, 1.54) is 19.3 Å². The molecule has 1 amide bonds. The van der Waals surface area contributed by atoms with Crippen molar-refractivity contribution < 1.29 is 4.79 Å². The second-order valence-electron chi connectivity index (χ2n) is 5.47. The molecule has 1 aromatic rings. The summed E-state index contributed by atoms with van der Waals surface area (Å²) >= 11 is 0. The molecule has 4 unspecified atom stereocenters. The Balaban J connectivity index is 1.47. The number of hydrogen-bond acceptors (Lipinski definition) is 2. The second kappa shape index (κ2) is 2.87. The molecule has 3 aliphatic carbocycles. The Morgan fingerprint density at radius 2 is 2.12 bits per heavy atom. The van der Waals surface area contributed by atoms with Crippen LogP contribution in [-0.2, 0) is 4.79 Å². The van der Waals surface area contributed by atoms with Crippen LogP contribution in [0.5, 0.6) is 0 Å². The van der Waals surface area contributed by atoms with Crippen molar-refractivity contribution in [2.75, 3.05) is 5.32 Å². The molecule has 2 N–H and O–H groups in total. The summed E-state index contributed by atoms with van der Waals surface area (Å²) in [6.07, 6.45) is 5.77. The van der Waals surface area contributed by atoms with E-state index in [1.54, 1.807) is 12.3 Å². The molecule has 4 rings (SSSR count). The molecule has 84 valence electrons. The summed E-state index contributed by atoms with van der Waals surface area (Å²) in [6, 6.07) is 1.80. The van der Waals surface area contributed by atoms with E-state index in [0.29, 0.717) is 17.8 Å². The van der Waals surface area contributed by atoms with Gasteiger partial charge in [-0.25, -0.2) is 0 Å². The highest BCUT2D eigenvalue weighted by molar-refractivity contribution is 5.94. The largest absolute Gasteiger partial charge is 0.311 e. The maximum absolute atomic E-state index is 12.0. The molecule has 2 bridgehead atoms. The molecule has 0 aliphatic heterocycles. The van der Waals surface area contributed by atoms with Gasteiger partial charge in [-0.15, -0.1) is 0 Å². The van der Waals surface area contributed by atoms with Crippen LogP contribution in [0.4, 0.5) is 5.82 Å². The molecule has 0 radical (unpaired) electrons. The SMILES string of the molecule is O=C(Nc1ccn[nH]1)C1C2C3CCC(C3)C12. The number of anilines is 1. The van der Waals surface area contributed by atoms with Crippen LogP contribution in [0.15, 0.2) is 12.3 Å². The number of H-pyrrole nitrogens is 1. The van der Waals surface area contributed by atoms with Gasteiger partial charge in [-0.2, -0.15) is 5.10 Å². The Morgan fingerprint density at radius 1 is 1.38 bits per heavy atom. The number of hydrogen-bond donors (Lipinski definition) is 2. The van der Waals surface area contributed by atoms with Crippen molar-refractivity contribution in [3.63, 3.8) is 0 Å². The summed E-state index contributed by atoms with van der Waals surface area (Å²) in [5, 5.41) is 9.53. The lowest BCUT2D eigenvalue weighted by atomic mass is 10.0. The molecule has 4 nitrogen and oxygen atoms in total. The molecule has 0 saturated heterocycles. The Kier molecular flexibility index (Phi) is 1.58. The first-order valence-electron chi connectivity index (χ1n) is 6.15. The first-order valence-corrected chi connectivity index (χ1v) is 6.15. The molecule has 4 heteroatoms. The van der Waals surface area contributed by atoms with Crippen LogP contribution in [0.25, 0.3) is 0 Å². The number of aromatic amines is 1. The number of rotatable bonds is 2. The van der Waals surface area contributed by atoms with Gasteiger partial charge in [-0.3, -0.25) is 9.89 Å². The lowest BCUT2D eigenvalue weighted by Gasteiger charge is -2.08. The lowest BCUT2D eigenvalue weighted by molar-refractivity contribution is -0.118. The standard InChI is InChI=1S/C12H15N3O/c16-12(14-8-3-4-13-15-8)11-9-6-1-2-7(5-6)10(9)11/h3-4,6-7,9-11H,1-2,5H2,(H2,13,14,15,16). The van der Waals surface area contributed by atoms with Crippen molar-refractivity contribution in [1.82, 2.24) is 10.2 Å². The van der Waals surface area contributed by atoms with Crippen LogP contribution in [0.2, 0.25) is 0 Å². The van der Waals surface area contributed by atoms with E-state index >= 15 is 0 Å². The van der Waals surface area contributed by atoms with E-state index in [4.69, 9.17) is 0 Å². The molecule has 3 fully saturated rings. The van der Waals surface area contributed by atoms with Gasteiger partial charge in [0.1, 0.15) is 5.82 Å². The van der Waals surface area contributed by atoms with Crippen molar-refractivity contribution in [2.45, 2.75) is 19.3 Å². The summed E-state index contributed by atoms with van der Waals surface area (Å²) in [5.74, 6) is 4.36. The Morgan fingerprint density at radius 3 is 2.75 bits per heavy atom. The number of carbonyl (C=O) groups is 1. The molecule has 4 atom stereocenters. The fourth-order valence-electron chi connectivity index (χ4n) is 4.22. The van der Waals surface area contributed by atoms with E-state index in [0.717, 1.165) is 17.7 Å². The first kappa shape index (κ1) is 8.79. The molecular weight excluding hydrogens is 202 g/mol.